The molecule has 3 N–H and O–H groups in total. The minimum absolute atomic E-state index is 0.000805. The van der Waals surface area contributed by atoms with Crippen molar-refractivity contribution in [2.24, 2.45) is 11.7 Å². The van der Waals surface area contributed by atoms with Crippen molar-refractivity contribution in [3.8, 4) is 0 Å². The van der Waals surface area contributed by atoms with E-state index in [4.69, 9.17) is 5.73 Å². The Kier molecular flexibility index (Phi) is 5.51. The Morgan fingerprint density at radius 3 is 3.00 bits per heavy atom. The van der Waals surface area contributed by atoms with Crippen LogP contribution in [0.25, 0.3) is 0 Å². The molecule has 1 amide bonds. The zero-order valence-electron chi connectivity index (χ0n) is 12.3. The van der Waals surface area contributed by atoms with E-state index in [2.05, 4.69) is 17.2 Å². The van der Waals surface area contributed by atoms with E-state index in [1.807, 2.05) is 35.0 Å². The van der Waals surface area contributed by atoms with Gasteiger partial charge in [0.2, 0.25) is 5.91 Å². The number of hydrogen-bond donors (Lipinski definition) is 2. The van der Waals surface area contributed by atoms with Crippen LogP contribution in [0.1, 0.15) is 25.3 Å². The minimum Gasteiger partial charge on any atom is -0.333 e. The smallest absolute Gasteiger partial charge is 0.228 e. The van der Waals surface area contributed by atoms with Crippen LogP contribution >= 0.6 is 0 Å². The summed E-state index contributed by atoms with van der Waals surface area (Å²) in [6, 6.07) is 7.85. The highest BCUT2D eigenvalue weighted by molar-refractivity contribution is 5.92. The lowest BCUT2D eigenvalue weighted by Crippen LogP contribution is -2.29. The van der Waals surface area contributed by atoms with E-state index in [0.717, 1.165) is 30.6 Å². The van der Waals surface area contributed by atoms with Crippen LogP contribution in [0.4, 0.5) is 5.69 Å². The van der Waals surface area contributed by atoms with Crippen LogP contribution in [0, 0.1) is 5.92 Å². The quantitative estimate of drug-likeness (QED) is 0.820. The fourth-order valence-electron chi connectivity index (χ4n) is 2.29. The fraction of sp³-hybridized carbons (Fsp3) is 0.375. The zero-order valence-corrected chi connectivity index (χ0v) is 12.3. The number of rotatable bonds is 7. The predicted molar refractivity (Wildman–Crippen MR) is 83.9 cm³/mol. The molecule has 0 aliphatic rings. The maximum absolute atomic E-state index is 12.2. The van der Waals surface area contributed by atoms with Crippen LogP contribution in [0.3, 0.4) is 0 Å². The molecule has 1 aromatic heterocycles. The molecule has 0 bridgehead atoms. The second-order valence-electron chi connectivity index (χ2n) is 5.15. The number of nitrogens with two attached hydrogens (primary N) is 1. The van der Waals surface area contributed by atoms with Gasteiger partial charge >= 0.3 is 0 Å². The van der Waals surface area contributed by atoms with Crippen LogP contribution in [-0.4, -0.2) is 22.0 Å². The normalized spacial score (nSPS) is 12.1. The summed E-state index contributed by atoms with van der Waals surface area (Å²) < 4.78 is 1.99. The molecule has 0 saturated carbocycles. The lowest BCUT2D eigenvalue weighted by molar-refractivity contribution is -0.119. The van der Waals surface area contributed by atoms with E-state index >= 15 is 0 Å². The monoisotopic (exact) mass is 286 g/mol. The van der Waals surface area contributed by atoms with Crippen molar-refractivity contribution < 1.29 is 4.79 Å². The fourth-order valence-corrected chi connectivity index (χ4v) is 2.29. The average Bonchev–Trinajstić information content (AvgIpc) is 2.98. The summed E-state index contributed by atoms with van der Waals surface area (Å²) in [5, 5.41) is 2.95. The number of carbonyl (C=O) groups is 1. The lowest BCUT2D eigenvalue weighted by Gasteiger charge is -2.14. The molecular weight excluding hydrogens is 264 g/mol. The molecule has 0 aliphatic carbocycles. The van der Waals surface area contributed by atoms with Gasteiger partial charge in [0.25, 0.3) is 0 Å². The Balaban J connectivity index is 2.02. The van der Waals surface area contributed by atoms with Crippen LogP contribution in [0.15, 0.2) is 43.0 Å². The first kappa shape index (κ1) is 15.3. The van der Waals surface area contributed by atoms with Gasteiger partial charge in [0, 0.05) is 31.2 Å². The molecule has 2 rings (SSSR count). The molecule has 1 unspecified atom stereocenters. The van der Waals surface area contributed by atoms with Crippen molar-refractivity contribution in [3.63, 3.8) is 0 Å². The molecule has 0 saturated heterocycles. The third-order valence-corrected chi connectivity index (χ3v) is 3.41. The molecule has 5 heteroatoms. The van der Waals surface area contributed by atoms with E-state index in [0.29, 0.717) is 6.54 Å². The molecule has 1 atom stereocenters. The van der Waals surface area contributed by atoms with Crippen molar-refractivity contribution in [3.05, 3.63) is 48.5 Å². The standard InChI is InChI=1S/C16H22N4O/c1-2-4-14(10-17)16(21)19-15-6-3-5-13(9-15)11-20-8-7-18-12-20/h3,5-9,12,14H,2,4,10-11,17H2,1H3,(H,19,21). The van der Waals surface area contributed by atoms with Gasteiger partial charge in [-0.25, -0.2) is 4.98 Å². The molecular formula is C16H22N4O. The molecule has 5 nitrogen and oxygen atoms in total. The first-order valence-electron chi connectivity index (χ1n) is 7.28. The molecule has 21 heavy (non-hydrogen) atoms. The summed E-state index contributed by atoms with van der Waals surface area (Å²) in [5.74, 6) is -0.119. The van der Waals surface area contributed by atoms with Gasteiger partial charge in [0.15, 0.2) is 0 Å². The Bertz CT molecular complexity index is 565. The summed E-state index contributed by atoms with van der Waals surface area (Å²) in [7, 11) is 0. The Labute approximate surface area is 125 Å². The summed E-state index contributed by atoms with van der Waals surface area (Å²) >= 11 is 0. The Morgan fingerprint density at radius 2 is 2.33 bits per heavy atom. The van der Waals surface area contributed by atoms with E-state index in [1.165, 1.54) is 0 Å². The third kappa shape index (κ3) is 4.43. The highest BCUT2D eigenvalue weighted by atomic mass is 16.1. The summed E-state index contributed by atoms with van der Waals surface area (Å²) in [6.07, 6.45) is 7.21. The maximum atomic E-state index is 12.2. The molecule has 1 aromatic carbocycles. The van der Waals surface area contributed by atoms with E-state index < -0.39 is 0 Å². The lowest BCUT2D eigenvalue weighted by atomic mass is 10.0. The number of carbonyl (C=O) groups excluding carboxylic acids is 1. The zero-order chi connectivity index (χ0) is 15.1. The van der Waals surface area contributed by atoms with Crippen molar-refractivity contribution >= 4 is 11.6 Å². The predicted octanol–water partition coefficient (Wildman–Crippen LogP) is 2.24. The van der Waals surface area contributed by atoms with Crippen LogP contribution in [-0.2, 0) is 11.3 Å². The average molecular weight is 286 g/mol. The van der Waals surface area contributed by atoms with E-state index in [1.54, 1.807) is 12.5 Å². The topological polar surface area (TPSA) is 72.9 Å². The number of imidazole rings is 1. The molecule has 0 aliphatic heterocycles. The molecule has 112 valence electrons. The third-order valence-electron chi connectivity index (χ3n) is 3.41. The maximum Gasteiger partial charge on any atom is 0.228 e. The van der Waals surface area contributed by atoms with Crippen molar-refractivity contribution in [2.75, 3.05) is 11.9 Å². The molecule has 1 heterocycles. The van der Waals surface area contributed by atoms with Crippen molar-refractivity contribution in [2.45, 2.75) is 26.3 Å². The number of anilines is 1. The molecule has 0 fully saturated rings. The van der Waals surface area contributed by atoms with Gasteiger partial charge in [0.05, 0.1) is 12.2 Å². The largest absolute Gasteiger partial charge is 0.333 e. The first-order chi connectivity index (χ1) is 10.2. The van der Waals surface area contributed by atoms with Crippen LogP contribution in [0.2, 0.25) is 0 Å². The van der Waals surface area contributed by atoms with Gasteiger partial charge in [-0.2, -0.15) is 0 Å². The number of aromatic nitrogens is 2. The number of nitrogens with one attached hydrogen (secondary N) is 1. The Morgan fingerprint density at radius 1 is 1.48 bits per heavy atom. The number of benzene rings is 1. The highest BCUT2D eigenvalue weighted by Gasteiger charge is 2.15. The van der Waals surface area contributed by atoms with E-state index in [9.17, 15) is 4.79 Å². The molecule has 0 spiro atoms. The van der Waals surface area contributed by atoms with Gasteiger partial charge in [0.1, 0.15) is 0 Å². The van der Waals surface area contributed by atoms with Gasteiger partial charge in [-0.05, 0) is 24.1 Å². The second kappa shape index (κ2) is 7.59. The van der Waals surface area contributed by atoms with Crippen molar-refractivity contribution in [1.82, 2.24) is 9.55 Å². The number of nitrogens with zero attached hydrogens (tertiary/aromatic N) is 2. The highest BCUT2D eigenvalue weighted by Crippen LogP contribution is 2.14. The number of amides is 1. The van der Waals surface area contributed by atoms with Crippen LogP contribution in [0.5, 0.6) is 0 Å². The van der Waals surface area contributed by atoms with Gasteiger partial charge < -0.3 is 15.6 Å². The van der Waals surface area contributed by atoms with Gasteiger partial charge in [-0.15, -0.1) is 0 Å². The molecule has 2 aromatic rings. The van der Waals surface area contributed by atoms with Gasteiger partial charge in [-0.1, -0.05) is 25.5 Å². The first-order valence-corrected chi connectivity index (χ1v) is 7.28. The van der Waals surface area contributed by atoms with Gasteiger partial charge in [-0.3, -0.25) is 4.79 Å². The van der Waals surface area contributed by atoms with Crippen LogP contribution < -0.4 is 11.1 Å². The molecule has 0 radical (unpaired) electrons. The summed E-state index contributed by atoms with van der Waals surface area (Å²) in [6.45, 7) is 3.18. The number of hydrogen-bond acceptors (Lipinski definition) is 3. The van der Waals surface area contributed by atoms with E-state index in [-0.39, 0.29) is 11.8 Å². The van der Waals surface area contributed by atoms with Crippen molar-refractivity contribution in [1.29, 1.82) is 0 Å². The Hall–Kier alpha value is -2.14. The summed E-state index contributed by atoms with van der Waals surface area (Å²) in [5.41, 5.74) is 7.59. The minimum atomic E-state index is -0.118. The second-order valence-corrected chi connectivity index (χ2v) is 5.15. The SMILES string of the molecule is CCCC(CN)C(=O)Nc1cccc(Cn2ccnc2)c1. The summed E-state index contributed by atoms with van der Waals surface area (Å²) in [4.78, 5) is 16.2.